The van der Waals surface area contributed by atoms with Crippen molar-refractivity contribution in [2.45, 2.75) is 6.42 Å². The van der Waals surface area contributed by atoms with Gasteiger partial charge in [-0.15, -0.1) is 0 Å². The Bertz CT molecular complexity index is 471. The lowest BCUT2D eigenvalue weighted by Crippen LogP contribution is -2.02. The number of rotatable bonds is 4. The molecular formula is C8H6F2N4O2. The Kier molecular flexibility index (Phi) is 3.73. The van der Waals surface area contributed by atoms with Crippen LogP contribution in [0.1, 0.15) is 5.56 Å². The second-order valence-corrected chi connectivity index (χ2v) is 2.82. The van der Waals surface area contributed by atoms with Gasteiger partial charge in [-0.25, -0.2) is 4.39 Å². The van der Waals surface area contributed by atoms with Crippen molar-refractivity contribution in [1.82, 2.24) is 0 Å². The molecular weight excluding hydrogens is 222 g/mol. The number of hydrogen-bond donors (Lipinski definition) is 0. The van der Waals surface area contributed by atoms with Gasteiger partial charge in [0.15, 0.2) is 0 Å². The van der Waals surface area contributed by atoms with Gasteiger partial charge >= 0.3 is 5.69 Å². The second-order valence-electron chi connectivity index (χ2n) is 2.82. The first-order chi connectivity index (χ1) is 7.57. The summed E-state index contributed by atoms with van der Waals surface area (Å²) in [5, 5.41) is 13.5. The summed E-state index contributed by atoms with van der Waals surface area (Å²) < 4.78 is 26.5. The van der Waals surface area contributed by atoms with E-state index >= 15 is 0 Å². The summed E-state index contributed by atoms with van der Waals surface area (Å²) in [6, 6.07) is 1.56. The van der Waals surface area contributed by atoms with Gasteiger partial charge in [0.1, 0.15) is 5.82 Å². The highest BCUT2D eigenvalue weighted by molar-refractivity contribution is 5.37. The molecule has 8 heteroatoms. The molecule has 0 radical (unpaired) electrons. The smallest absolute Gasteiger partial charge is 0.258 e. The van der Waals surface area contributed by atoms with Crippen LogP contribution in [0.15, 0.2) is 17.2 Å². The number of hydrogen-bond acceptors (Lipinski definition) is 3. The Morgan fingerprint density at radius 1 is 1.50 bits per heavy atom. The highest BCUT2D eigenvalue weighted by Crippen LogP contribution is 2.23. The van der Waals surface area contributed by atoms with Crippen LogP contribution in [0.4, 0.5) is 14.5 Å². The van der Waals surface area contributed by atoms with Gasteiger partial charge in [-0.05, 0) is 18.0 Å². The van der Waals surface area contributed by atoms with Crippen LogP contribution in [0, 0.1) is 21.7 Å². The molecule has 0 N–H and O–H groups in total. The molecule has 0 spiro atoms. The average molecular weight is 228 g/mol. The van der Waals surface area contributed by atoms with Crippen LogP contribution < -0.4 is 0 Å². The third-order valence-electron chi connectivity index (χ3n) is 1.89. The Balaban J connectivity index is 3.10. The van der Waals surface area contributed by atoms with E-state index in [0.29, 0.717) is 0 Å². The molecule has 0 bridgehead atoms. The molecule has 16 heavy (non-hydrogen) atoms. The lowest BCUT2D eigenvalue weighted by atomic mass is 10.1. The first kappa shape index (κ1) is 11.9. The summed E-state index contributed by atoms with van der Waals surface area (Å²) >= 11 is 0. The summed E-state index contributed by atoms with van der Waals surface area (Å²) in [6.45, 7) is -0.161. The van der Waals surface area contributed by atoms with E-state index < -0.39 is 27.8 Å². The van der Waals surface area contributed by atoms with Crippen molar-refractivity contribution in [3.63, 3.8) is 0 Å². The molecule has 0 heterocycles. The zero-order chi connectivity index (χ0) is 12.1. The lowest BCUT2D eigenvalue weighted by Gasteiger charge is -2.02. The number of nitro groups is 1. The number of halogens is 2. The van der Waals surface area contributed by atoms with E-state index in [-0.39, 0.29) is 13.0 Å². The van der Waals surface area contributed by atoms with E-state index in [1.165, 1.54) is 0 Å². The number of benzene rings is 1. The number of azide groups is 1. The van der Waals surface area contributed by atoms with Crippen LogP contribution in [0.3, 0.4) is 0 Å². The topological polar surface area (TPSA) is 91.9 Å². The SMILES string of the molecule is [N-]=[N+]=NCCc1c(F)ccc([N+](=O)[O-])c1F. The maximum atomic E-state index is 13.4. The maximum absolute atomic E-state index is 13.4. The molecule has 0 aliphatic heterocycles. The third kappa shape index (κ3) is 2.43. The minimum atomic E-state index is -1.22. The molecule has 0 saturated carbocycles. The minimum absolute atomic E-state index is 0.161. The fourth-order valence-corrected chi connectivity index (χ4v) is 1.16. The quantitative estimate of drug-likeness (QED) is 0.260. The van der Waals surface area contributed by atoms with Gasteiger partial charge in [-0.3, -0.25) is 10.1 Å². The summed E-state index contributed by atoms with van der Waals surface area (Å²) in [7, 11) is 0. The monoisotopic (exact) mass is 228 g/mol. The Morgan fingerprint density at radius 2 is 2.19 bits per heavy atom. The van der Waals surface area contributed by atoms with Crippen molar-refractivity contribution in [2.75, 3.05) is 6.54 Å². The molecule has 0 unspecified atom stereocenters. The predicted molar refractivity (Wildman–Crippen MR) is 50.7 cm³/mol. The van der Waals surface area contributed by atoms with Crippen molar-refractivity contribution in [3.05, 3.63) is 49.9 Å². The average Bonchev–Trinajstić information content (AvgIpc) is 2.22. The van der Waals surface area contributed by atoms with E-state index in [2.05, 4.69) is 10.0 Å². The van der Waals surface area contributed by atoms with Crippen LogP contribution >= 0.6 is 0 Å². The maximum Gasteiger partial charge on any atom is 0.305 e. The standard InChI is InChI=1S/C8H6F2N4O2/c9-6-1-2-7(14(15)16)8(10)5(6)3-4-12-13-11/h1-2H,3-4H2. The molecule has 1 rings (SSSR count). The molecule has 0 aliphatic rings. The van der Waals surface area contributed by atoms with E-state index in [0.717, 1.165) is 12.1 Å². The fourth-order valence-electron chi connectivity index (χ4n) is 1.16. The van der Waals surface area contributed by atoms with Crippen LogP contribution in [0.2, 0.25) is 0 Å². The minimum Gasteiger partial charge on any atom is -0.258 e. The highest BCUT2D eigenvalue weighted by Gasteiger charge is 2.20. The highest BCUT2D eigenvalue weighted by atomic mass is 19.1. The van der Waals surface area contributed by atoms with Crippen LogP contribution in [-0.4, -0.2) is 11.5 Å². The van der Waals surface area contributed by atoms with Crippen molar-refractivity contribution < 1.29 is 13.7 Å². The van der Waals surface area contributed by atoms with Crippen LogP contribution in [0.25, 0.3) is 10.4 Å². The molecule has 0 aromatic heterocycles. The molecule has 6 nitrogen and oxygen atoms in total. The summed E-state index contributed by atoms with van der Waals surface area (Å²) in [5.41, 5.74) is 6.75. The molecule has 0 atom stereocenters. The molecule has 0 aliphatic carbocycles. The van der Waals surface area contributed by atoms with Crippen LogP contribution in [0.5, 0.6) is 0 Å². The van der Waals surface area contributed by atoms with Crippen molar-refractivity contribution in [3.8, 4) is 0 Å². The first-order valence-corrected chi connectivity index (χ1v) is 4.20. The summed E-state index contributed by atoms with van der Waals surface area (Å²) in [5.74, 6) is -2.12. The van der Waals surface area contributed by atoms with Gasteiger partial charge in [0.05, 0.1) is 4.92 Å². The van der Waals surface area contributed by atoms with Crippen LogP contribution in [-0.2, 0) is 6.42 Å². The van der Waals surface area contributed by atoms with E-state index in [4.69, 9.17) is 5.53 Å². The van der Waals surface area contributed by atoms with Gasteiger partial charge < -0.3 is 0 Å². The Morgan fingerprint density at radius 3 is 2.75 bits per heavy atom. The van der Waals surface area contributed by atoms with Crippen molar-refractivity contribution >= 4 is 5.69 Å². The summed E-state index contributed by atoms with van der Waals surface area (Å²) in [4.78, 5) is 11.9. The van der Waals surface area contributed by atoms with E-state index in [1.807, 2.05) is 0 Å². The van der Waals surface area contributed by atoms with Gasteiger partial charge in [0, 0.05) is 23.1 Å². The molecule has 1 aromatic carbocycles. The summed E-state index contributed by atoms with van der Waals surface area (Å²) in [6.07, 6.45) is -0.219. The molecule has 0 fully saturated rings. The lowest BCUT2D eigenvalue weighted by molar-refractivity contribution is -0.387. The Labute approximate surface area is 88.3 Å². The van der Waals surface area contributed by atoms with Crippen molar-refractivity contribution in [2.24, 2.45) is 5.11 Å². The number of nitro benzene ring substituents is 1. The van der Waals surface area contributed by atoms with E-state index in [9.17, 15) is 18.9 Å². The van der Waals surface area contributed by atoms with Gasteiger partial charge in [-0.1, -0.05) is 5.11 Å². The third-order valence-corrected chi connectivity index (χ3v) is 1.89. The van der Waals surface area contributed by atoms with Crippen molar-refractivity contribution in [1.29, 1.82) is 0 Å². The number of nitrogens with zero attached hydrogens (tertiary/aromatic N) is 4. The normalized spacial score (nSPS) is 9.62. The van der Waals surface area contributed by atoms with E-state index in [1.54, 1.807) is 0 Å². The Hall–Kier alpha value is -2.21. The molecule has 0 amide bonds. The largest absolute Gasteiger partial charge is 0.305 e. The molecule has 0 saturated heterocycles. The van der Waals surface area contributed by atoms with Gasteiger partial charge in [0.25, 0.3) is 0 Å². The zero-order valence-corrected chi connectivity index (χ0v) is 7.93. The predicted octanol–water partition coefficient (Wildman–Crippen LogP) is 2.73. The molecule has 1 aromatic rings. The van der Waals surface area contributed by atoms with Gasteiger partial charge in [-0.2, -0.15) is 4.39 Å². The first-order valence-electron chi connectivity index (χ1n) is 4.20. The second kappa shape index (κ2) is 5.04. The fraction of sp³-hybridized carbons (Fsp3) is 0.250. The molecule has 84 valence electrons. The van der Waals surface area contributed by atoms with Gasteiger partial charge in [0.2, 0.25) is 5.82 Å². The zero-order valence-electron chi connectivity index (χ0n) is 7.93.